The number of methoxy groups -OCH3 is 1. The number of hydrogen-bond acceptors (Lipinski definition) is 2. The molecule has 1 N–H and O–H groups in total. The molecule has 0 aliphatic carbocycles. The smallest absolute Gasteiger partial charge is 0.385 e. The zero-order valence-electron chi connectivity index (χ0n) is 13.8. The summed E-state index contributed by atoms with van der Waals surface area (Å²) in [4.78, 5) is 6.36. The van der Waals surface area contributed by atoms with Crippen molar-refractivity contribution in [1.82, 2.24) is 10.2 Å². The average Bonchev–Trinajstić information content (AvgIpc) is 2.50. The molecule has 0 amide bonds. The highest BCUT2D eigenvalue weighted by atomic mass is 19.4. The Morgan fingerprint density at radius 2 is 1.91 bits per heavy atom. The van der Waals surface area contributed by atoms with Crippen molar-refractivity contribution in [3.63, 3.8) is 0 Å². The van der Waals surface area contributed by atoms with Crippen molar-refractivity contribution in [2.24, 2.45) is 4.99 Å². The maximum atomic E-state index is 12.6. The van der Waals surface area contributed by atoms with Gasteiger partial charge < -0.3 is 15.0 Å². The van der Waals surface area contributed by atoms with Crippen molar-refractivity contribution in [3.05, 3.63) is 35.4 Å². The number of benzene rings is 1. The number of hydrogen-bond donors (Lipinski definition) is 1. The van der Waals surface area contributed by atoms with Crippen LogP contribution in [-0.2, 0) is 17.5 Å². The van der Waals surface area contributed by atoms with Crippen LogP contribution < -0.4 is 5.32 Å². The molecule has 1 aromatic carbocycles. The zero-order chi connectivity index (χ0) is 17.3. The largest absolute Gasteiger partial charge is 0.416 e. The fourth-order valence-corrected chi connectivity index (χ4v) is 2.01. The summed E-state index contributed by atoms with van der Waals surface area (Å²) < 4.78 is 42.7. The maximum absolute atomic E-state index is 12.6. The second-order valence-corrected chi connectivity index (χ2v) is 5.13. The Bertz CT molecular complexity index is 486. The van der Waals surface area contributed by atoms with Gasteiger partial charge in [0.15, 0.2) is 5.96 Å². The Hall–Kier alpha value is -1.76. The van der Waals surface area contributed by atoms with Crippen LogP contribution in [0.5, 0.6) is 0 Å². The molecule has 0 fully saturated rings. The van der Waals surface area contributed by atoms with Crippen LogP contribution in [0.3, 0.4) is 0 Å². The molecular weight excluding hydrogens is 307 g/mol. The number of halogens is 3. The molecule has 4 nitrogen and oxygen atoms in total. The summed E-state index contributed by atoms with van der Waals surface area (Å²) in [7, 11) is 3.50. The molecule has 0 aromatic heterocycles. The third-order valence-corrected chi connectivity index (χ3v) is 3.17. The van der Waals surface area contributed by atoms with E-state index >= 15 is 0 Å². The van der Waals surface area contributed by atoms with Gasteiger partial charge in [0.1, 0.15) is 0 Å². The summed E-state index contributed by atoms with van der Waals surface area (Å²) >= 11 is 0. The maximum Gasteiger partial charge on any atom is 0.416 e. The van der Waals surface area contributed by atoms with Gasteiger partial charge in [0.05, 0.1) is 5.56 Å². The van der Waals surface area contributed by atoms with E-state index < -0.39 is 11.7 Å². The van der Waals surface area contributed by atoms with Gasteiger partial charge in [-0.1, -0.05) is 12.1 Å². The number of nitrogens with one attached hydrogen (secondary N) is 1. The fourth-order valence-electron chi connectivity index (χ4n) is 2.01. The lowest BCUT2D eigenvalue weighted by atomic mass is 10.1. The van der Waals surface area contributed by atoms with Crippen LogP contribution in [0.2, 0.25) is 0 Å². The van der Waals surface area contributed by atoms with Gasteiger partial charge in [-0.05, 0) is 31.0 Å². The SMILES string of the molecule is CCNC(=NCCCOC)N(C)Cc1ccc(C(F)(F)F)cc1. The minimum Gasteiger partial charge on any atom is -0.385 e. The second-order valence-electron chi connectivity index (χ2n) is 5.13. The number of rotatable bonds is 7. The molecule has 0 spiro atoms. The van der Waals surface area contributed by atoms with Crippen LogP contribution >= 0.6 is 0 Å². The molecule has 1 aromatic rings. The van der Waals surface area contributed by atoms with Gasteiger partial charge in [-0.3, -0.25) is 4.99 Å². The quantitative estimate of drug-likeness (QED) is 0.474. The highest BCUT2D eigenvalue weighted by Gasteiger charge is 2.29. The van der Waals surface area contributed by atoms with E-state index in [9.17, 15) is 13.2 Å². The standard InChI is InChI=1S/C16H24F3N3O/c1-4-20-15(21-10-5-11-23-3)22(2)12-13-6-8-14(9-7-13)16(17,18)19/h6-9H,4-5,10-12H2,1-3H3,(H,20,21). The van der Waals surface area contributed by atoms with Crippen LogP contribution in [0.15, 0.2) is 29.3 Å². The first-order valence-corrected chi connectivity index (χ1v) is 7.53. The minimum atomic E-state index is -4.30. The topological polar surface area (TPSA) is 36.9 Å². The monoisotopic (exact) mass is 331 g/mol. The van der Waals surface area contributed by atoms with Gasteiger partial charge in [0.25, 0.3) is 0 Å². The molecule has 1 rings (SSSR count). The molecule has 23 heavy (non-hydrogen) atoms. The first-order valence-electron chi connectivity index (χ1n) is 7.53. The van der Waals surface area contributed by atoms with Gasteiger partial charge in [0.2, 0.25) is 0 Å². The first-order chi connectivity index (χ1) is 10.9. The molecule has 0 radical (unpaired) electrons. The second kappa shape index (κ2) is 9.39. The van der Waals surface area contributed by atoms with Crippen LogP contribution in [0.1, 0.15) is 24.5 Å². The molecule has 130 valence electrons. The van der Waals surface area contributed by atoms with Crippen molar-refractivity contribution in [3.8, 4) is 0 Å². The van der Waals surface area contributed by atoms with Gasteiger partial charge in [-0.15, -0.1) is 0 Å². The van der Waals surface area contributed by atoms with Gasteiger partial charge in [0, 0.05) is 40.4 Å². The molecule has 0 saturated heterocycles. The van der Waals surface area contributed by atoms with E-state index in [0.29, 0.717) is 19.7 Å². The predicted molar refractivity (Wildman–Crippen MR) is 85.4 cm³/mol. The number of aliphatic imine (C=N–C) groups is 1. The normalized spacial score (nSPS) is 12.3. The number of ether oxygens (including phenoxy) is 1. The van der Waals surface area contributed by atoms with Crippen LogP contribution in [-0.4, -0.2) is 44.7 Å². The molecule has 0 bridgehead atoms. The van der Waals surface area contributed by atoms with Crippen molar-refractivity contribution in [2.75, 3.05) is 33.9 Å². The molecule has 0 atom stereocenters. The summed E-state index contributed by atoms with van der Waals surface area (Å²) in [5.74, 6) is 0.725. The zero-order valence-corrected chi connectivity index (χ0v) is 13.8. The lowest BCUT2D eigenvalue weighted by molar-refractivity contribution is -0.137. The molecule has 0 aliphatic rings. The summed E-state index contributed by atoms with van der Waals surface area (Å²) in [5, 5.41) is 3.17. The van der Waals surface area contributed by atoms with Crippen molar-refractivity contribution < 1.29 is 17.9 Å². The molecule has 0 unspecified atom stereocenters. The Morgan fingerprint density at radius 3 is 2.43 bits per heavy atom. The summed E-state index contributed by atoms with van der Waals surface area (Å²) in [6, 6.07) is 5.19. The van der Waals surface area contributed by atoms with Crippen molar-refractivity contribution in [1.29, 1.82) is 0 Å². The van der Waals surface area contributed by atoms with E-state index in [1.165, 1.54) is 12.1 Å². The van der Waals surface area contributed by atoms with E-state index in [4.69, 9.17) is 4.74 Å². The molecule has 0 heterocycles. The van der Waals surface area contributed by atoms with Crippen LogP contribution in [0.4, 0.5) is 13.2 Å². The Kier molecular flexibility index (Phi) is 7.88. The van der Waals surface area contributed by atoms with Crippen LogP contribution in [0, 0.1) is 0 Å². The molecular formula is C16H24F3N3O. The van der Waals surface area contributed by atoms with E-state index in [-0.39, 0.29) is 0 Å². The fraction of sp³-hybridized carbons (Fsp3) is 0.562. The Morgan fingerprint density at radius 1 is 1.26 bits per heavy atom. The van der Waals surface area contributed by atoms with Gasteiger partial charge >= 0.3 is 6.18 Å². The Balaban J connectivity index is 2.68. The molecule has 0 saturated carbocycles. The van der Waals surface area contributed by atoms with E-state index in [1.54, 1.807) is 7.11 Å². The minimum absolute atomic E-state index is 0.480. The third kappa shape index (κ3) is 6.90. The average molecular weight is 331 g/mol. The van der Waals surface area contributed by atoms with Crippen molar-refractivity contribution >= 4 is 5.96 Å². The highest BCUT2D eigenvalue weighted by Crippen LogP contribution is 2.29. The lowest BCUT2D eigenvalue weighted by Gasteiger charge is -2.22. The highest BCUT2D eigenvalue weighted by molar-refractivity contribution is 5.79. The van der Waals surface area contributed by atoms with E-state index in [2.05, 4.69) is 10.3 Å². The number of nitrogens with zero attached hydrogens (tertiary/aromatic N) is 2. The number of guanidine groups is 1. The van der Waals surface area contributed by atoms with Crippen LogP contribution in [0.25, 0.3) is 0 Å². The third-order valence-electron chi connectivity index (χ3n) is 3.17. The van der Waals surface area contributed by atoms with Gasteiger partial charge in [-0.25, -0.2) is 0 Å². The molecule has 0 aliphatic heterocycles. The summed E-state index contributed by atoms with van der Waals surface area (Å²) in [5.41, 5.74) is 0.159. The predicted octanol–water partition coefficient (Wildman–Crippen LogP) is 3.14. The first kappa shape index (κ1) is 19.3. The van der Waals surface area contributed by atoms with E-state index in [1.807, 2.05) is 18.9 Å². The van der Waals surface area contributed by atoms with Gasteiger partial charge in [-0.2, -0.15) is 13.2 Å². The summed E-state index contributed by atoms with van der Waals surface area (Å²) in [6.07, 6.45) is -3.48. The number of alkyl halides is 3. The lowest BCUT2D eigenvalue weighted by Crippen LogP contribution is -2.38. The van der Waals surface area contributed by atoms with E-state index in [0.717, 1.165) is 36.6 Å². The molecule has 7 heteroatoms. The Labute approximate surface area is 135 Å². The summed E-state index contributed by atoms with van der Waals surface area (Å²) in [6.45, 7) is 4.45. The van der Waals surface area contributed by atoms with Crippen molar-refractivity contribution in [2.45, 2.75) is 26.1 Å².